The van der Waals surface area contributed by atoms with Crippen molar-refractivity contribution in [2.24, 2.45) is 5.92 Å². The first kappa shape index (κ1) is 17.0. The summed E-state index contributed by atoms with van der Waals surface area (Å²) in [7, 11) is 0. The Morgan fingerprint density at radius 2 is 1.62 bits per heavy atom. The van der Waals surface area contributed by atoms with Crippen LogP contribution in [0.25, 0.3) is 11.4 Å². The average Bonchev–Trinajstić information content (AvgIpc) is 3.05. The van der Waals surface area contributed by atoms with Gasteiger partial charge in [0.15, 0.2) is 0 Å². The van der Waals surface area contributed by atoms with Crippen molar-refractivity contribution in [1.82, 2.24) is 14.9 Å². The highest BCUT2D eigenvalue weighted by molar-refractivity contribution is 5.55. The van der Waals surface area contributed by atoms with Crippen LogP contribution in [0.2, 0.25) is 0 Å². The van der Waals surface area contributed by atoms with E-state index in [1.807, 2.05) is 6.07 Å². The molecule has 0 saturated carbocycles. The summed E-state index contributed by atoms with van der Waals surface area (Å²) in [5.41, 5.74) is 5.01. The van der Waals surface area contributed by atoms with Gasteiger partial charge in [-0.05, 0) is 50.8 Å². The van der Waals surface area contributed by atoms with Crippen LogP contribution in [-0.4, -0.2) is 28.0 Å². The molecule has 1 aliphatic rings. The molecule has 1 aromatic heterocycles. The number of nitrogens with zero attached hydrogens (tertiary/aromatic N) is 2. The van der Waals surface area contributed by atoms with Gasteiger partial charge in [-0.1, -0.05) is 60.7 Å². The molecule has 0 unspecified atom stereocenters. The van der Waals surface area contributed by atoms with Gasteiger partial charge < -0.3 is 4.98 Å². The minimum atomic E-state index is 0.816. The third-order valence-electron chi connectivity index (χ3n) is 5.49. The molecule has 0 spiro atoms. The zero-order valence-corrected chi connectivity index (χ0v) is 15.5. The van der Waals surface area contributed by atoms with Crippen LogP contribution in [0.1, 0.15) is 29.8 Å². The molecule has 1 N–H and O–H groups in total. The van der Waals surface area contributed by atoms with E-state index in [9.17, 15) is 0 Å². The number of imidazole rings is 1. The number of H-pyrrole nitrogens is 1. The average molecular weight is 345 g/mol. The quantitative estimate of drug-likeness (QED) is 0.717. The number of likely N-dealkylation sites (tertiary alicyclic amines) is 1. The standard InChI is InChI=1S/C23H27N3/c1-18-22(25-23(24-18)21-10-6-3-7-11-21)17-26-14-12-20(13-15-26)16-19-8-4-2-5-9-19/h2-11,20H,12-17H2,1H3,(H,24,25). The van der Waals surface area contributed by atoms with E-state index in [4.69, 9.17) is 4.98 Å². The number of aromatic amines is 1. The van der Waals surface area contributed by atoms with Crippen LogP contribution in [0.3, 0.4) is 0 Å². The van der Waals surface area contributed by atoms with Crippen molar-refractivity contribution in [2.75, 3.05) is 13.1 Å². The van der Waals surface area contributed by atoms with Gasteiger partial charge in [0.05, 0.1) is 11.4 Å². The largest absolute Gasteiger partial charge is 0.341 e. The van der Waals surface area contributed by atoms with Gasteiger partial charge >= 0.3 is 0 Å². The number of aromatic nitrogens is 2. The van der Waals surface area contributed by atoms with Crippen molar-refractivity contribution >= 4 is 0 Å². The van der Waals surface area contributed by atoms with Crippen molar-refractivity contribution in [3.05, 3.63) is 77.6 Å². The van der Waals surface area contributed by atoms with Gasteiger partial charge in [0.1, 0.15) is 5.82 Å². The number of aryl methyl sites for hydroxylation is 1. The summed E-state index contributed by atoms with van der Waals surface area (Å²) < 4.78 is 0. The van der Waals surface area contributed by atoms with E-state index < -0.39 is 0 Å². The van der Waals surface area contributed by atoms with Crippen LogP contribution >= 0.6 is 0 Å². The zero-order valence-electron chi connectivity index (χ0n) is 15.5. The lowest BCUT2D eigenvalue weighted by Gasteiger charge is -2.31. The zero-order chi connectivity index (χ0) is 17.8. The molecule has 0 radical (unpaired) electrons. The first-order chi connectivity index (χ1) is 12.8. The van der Waals surface area contributed by atoms with Gasteiger partial charge in [-0.2, -0.15) is 0 Å². The van der Waals surface area contributed by atoms with Crippen LogP contribution in [-0.2, 0) is 13.0 Å². The monoisotopic (exact) mass is 345 g/mol. The normalized spacial score (nSPS) is 16.0. The molecule has 4 rings (SSSR count). The maximum absolute atomic E-state index is 4.73. The molecule has 0 aliphatic carbocycles. The van der Waals surface area contributed by atoms with Gasteiger partial charge in [-0.15, -0.1) is 0 Å². The van der Waals surface area contributed by atoms with E-state index in [-0.39, 0.29) is 0 Å². The summed E-state index contributed by atoms with van der Waals surface area (Å²) in [5, 5.41) is 0. The van der Waals surface area contributed by atoms with Gasteiger partial charge in [0, 0.05) is 12.1 Å². The third kappa shape index (κ3) is 4.05. The third-order valence-corrected chi connectivity index (χ3v) is 5.49. The predicted octanol–water partition coefficient (Wildman–Crippen LogP) is 4.84. The van der Waals surface area contributed by atoms with Gasteiger partial charge in [0.2, 0.25) is 0 Å². The van der Waals surface area contributed by atoms with Crippen LogP contribution < -0.4 is 0 Å². The number of piperidine rings is 1. The number of hydrogen-bond donors (Lipinski definition) is 1. The van der Waals surface area contributed by atoms with Crippen molar-refractivity contribution in [2.45, 2.75) is 32.7 Å². The highest BCUT2D eigenvalue weighted by atomic mass is 15.1. The number of hydrogen-bond acceptors (Lipinski definition) is 2. The molecule has 26 heavy (non-hydrogen) atoms. The molecule has 1 saturated heterocycles. The Morgan fingerprint density at radius 1 is 0.962 bits per heavy atom. The lowest BCUT2D eigenvalue weighted by molar-refractivity contribution is 0.175. The van der Waals surface area contributed by atoms with Crippen LogP contribution in [0.4, 0.5) is 0 Å². The summed E-state index contributed by atoms with van der Waals surface area (Å²) >= 11 is 0. The van der Waals surface area contributed by atoms with Crippen molar-refractivity contribution in [3.63, 3.8) is 0 Å². The molecule has 0 atom stereocenters. The van der Waals surface area contributed by atoms with Crippen LogP contribution in [0.5, 0.6) is 0 Å². The highest BCUT2D eigenvalue weighted by Gasteiger charge is 2.21. The predicted molar refractivity (Wildman–Crippen MR) is 107 cm³/mol. The number of rotatable bonds is 5. The van der Waals surface area contributed by atoms with E-state index in [0.29, 0.717) is 0 Å². The topological polar surface area (TPSA) is 31.9 Å². The minimum absolute atomic E-state index is 0.816. The summed E-state index contributed by atoms with van der Waals surface area (Å²) in [5.74, 6) is 1.80. The molecule has 3 nitrogen and oxygen atoms in total. The van der Waals surface area contributed by atoms with Gasteiger partial charge in [0.25, 0.3) is 0 Å². The van der Waals surface area contributed by atoms with E-state index in [2.05, 4.69) is 71.4 Å². The Kier molecular flexibility index (Phi) is 5.16. The fourth-order valence-electron chi connectivity index (χ4n) is 3.90. The summed E-state index contributed by atoms with van der Waals surface area (Å²) in [4.78, 5) is 10.8. The minimum Gasteiger partial charge on any atom is -0.341 e. The number of nitrogens with one attached hydrogen (secondary N) is 1. The number of benzene rings is 2. The maximum Gasteiger partial charge on any atom is 0.137 e. The summed E-state index contributed by atoms with van der Waals surface area (Å²) in [6, 6.07) is 21.3. The van der Waals surface area contributed by atoms with E-state index in [1.165, 1.54) is 43.6 Å². The first-order valence-corrected chi connectivity index (χ1v) is 9.65. The van der Waals surface area contributed by atoms with E-state index >= 15 is 0 Å². The Labute approximate surface area is 156 Å². The fraction of sp³-hybridized carbons (Fsp3) is 0.348. The Bertz CT molecular complexity index is 815. The lowest BCUT2D eigenvalue weighted by Crippen LogP contribution is -2.34. The molecule has 2 aromatic carbocycles. The van der Waals surface area contributed by atoms with Crippen molar-refractivity contribution < 1.29 is 0 Å². The van der Waals surface area contributed by atoms with Crippen molar-refractivity contribution in [1.29, 1.82) is 0 Å². The molecule has 3 heteroatoms. The van der Waals surface area contributed by atoms with E-state index in [1.54, 1.807) is 0 Å². The molecule has 1 fully saturated rings. The molecule has 2 heterocycles. The molecule has 1 aliphatic heterocycles. The lowest BCUT2D eigenvalue weighted by atomic mass is 9.90. The van der Waals surface area contributed by atoms with Crippen molar-refractivity contribution in [3.8, 4) is 11.4 Å². The summed E-state index contributed by atoms with van der Waals surface area (Å²) in [6.45, 7) is 5.44. The van der Waals surface area contributed by atoms with Crippen LogP contribution in [0, 0.1) is 12.8 Å². The Hall–Kier alpha value is -2.39. The fourth-order valence-corrected chi connectivity index (χ4v) is 3.90. The maximum atomic E-state index is 4.73. The summed E-state index contributed by atoms with van der Waals surface area (Å²) in [6.07, 6.45) is 3.79. The smallest absolute Gasteiger partial charge is 0.137 e. The molecular weight excluding hydrogens is 318 g/mol. The van der Waals surface area contributed by atoms with Gasteiger partial charge in [-0.3, -0.25) is 4.90 Å². The van der Waals surface area contributed by atoms with Gasteiger partial charge in [-0.25, -0.2) is 4.98 Å². The molecular formula is C23H27N3. The van der Waals surface area contributed by atoms with E-state index in [0.717, 1.165) is 29.5 Å². The Balaban J connectivity index is 1.34. The second-order valence-electron chi connectivity index (χ2n) is 7.42. The SMILES string of the molecule is Cc1nc(-c2ccccc2)[nH]c1CN1CCC(Cc2ccccc2)CC1. The molecule has 0 bridgehead atoms. The first-order valence-electron chi connectivity index (χ1n) is 9.65. The molecule has 134 valence electrons. The Morgan fingerprint density at radius 3 is 2.31 bits per heavy atom. The second kappa shape index (κ2) is 7.88. The van der Waals surface area contributed by atoms with Crippen LogP contribution in [0.15, 0.2) is 60.7 Å². The highest BCUT2D eigenvalue weighted by Crippen LogP contribution is 2.24. The second-order valence-corrected chi connectivity index (χ2v) is 7.42. The molecule has 3 aromatic rings. The molecule has 0 amide bonds.